The van der Waals surface area contributed by atoms with Crippen LogP contribution in [0.4, 0.5) is 4.79 Å². The summed E-state index contributed by atoms with van der Waals surface area (Å²) in [6.45, 7) is -0.897. The van der Waals surface area contributed by atoms with Crippen molar-refractivity contribution in [2.75, 3.05) is 6.61 Å². The number of hydrogen-bond donors (Lipinski definition) is 4. The van der Waals surface area contributed by atoms with Crippen LogP contribution in [-0.4, -0.2) is 40.0 Å². The lowest BCUT2D eigenvalue weighted by Gasteiger charge is -2.44. The molecule has 0 aliphatic carbocycles. The fourth-order valence-corrected chi connectivity index (χ4v) is 3.77. The number of nitrogens with one attached hydrogen (secondary N) is 1. The standard InChI is InChI=1S/C26H28N2O6/c27-24(31)28-34-23(30)26(17-21-12-6-2-7-13-21,33-18-22-14-8-3-9-15-22)25(32,19-29)16-20-10-4-1-5-11-20/h1-15,29,32H,16-19H2,(H3,27,28,31). The summed E-state index contributed by atoms with van der Waals surface area (Å²) < 4.78 is 6.17. The first-order chi connectivity index (χ1) is 16.4. The third-order valence-electron chi connectivity index (χ3n) is 5.55. The van der Waals surface area contributed by atoms with Crippen molar-refractivity contribution in [2.45, 2.75) is 30.7 Å². The smallest absolute Gasteiger partial charge is 0.367 e. The molecule has 0 heterocycles. The van der Waals surface area contributed by atoms with E-state index in [4.69, 9.17) is 15.3 Å². The highest BCUT2D eigenvalue weighted by Gasteiger charge is 2.58. The number of ether oxygens (including phenoxy) is 1. The van der Waals surface area contributed by atoms with Crippen LogP contribution in [0.25, 0.3) is 0 Å². The Morgan fingerprint density at radius 1 is 0.794 bits per heavy atom. The van der Waals surface area contributed by atoms with Gasteiger partial charge >= 0.3 is 12.0 Å². The van der Waals surface area contributed by atoms with Gasteiger partial charge in [-0.1, -0.05) is 91.0 Å². The van der Waals surface area contributed by atoms with E-state index >= 15 is 0 Å². The molecule has 0 aliphatic rings. The minimum absolute atomic E-state index is 0.0730. The van der Waals surface area contributed by atoms with Crippen molar-refractivity contribution in [1.82, 2.24) is 5.48 Å². The molecule has 3 rings (SSSR count). The summed E-state index contributed by atoms with van der Waals surface area (Å²) in [7, 11) is 0. The van der Waals surface area contributed by atoms with E-state index in [9.17, 15) is 19.8 Å². The zero-order valence-electron chi connectivity index (χ0n) is 18.6. The second kappa shape index (κ2) is 11.4. The topological polar surface area (TPSA) is 131 Å². The maximum Gasteiger partial charge on any atom is 0.367 e. The maximum absolute atomic E-state index is 13.5. The highest BCUT2D eigenvalue weighted by Crippen LogP contribution is 2.36. The fraction of sp³-hybridized carbons (Fsp3) is 0.231. The van der Waals surface area contributed by atoms with Crippen LogP contribution in [0.15, 0.2) is 91.0 Å². The Hall–Kier alpha value is -3.72. The summed E-state index contributed by atoms with van der Waals surface area (Å²) in [5.74, 6) is -1.10. The molecular formula is C26H28N2O6. The van der Waals surface area contributed by atoms with Crippen LogP contribution < -0.4 is 11.2 Å². The van der Waals surface area contributed by atoms with E-state index < -0.39 is 29.8 Å². The first kappa shape index (κ1) is 24.9. The zero-order valence-corrected chi connectivity index (χ0v) is 18.6. The molecule has 0 aromatic heterocycles. The van der Waals surface area contributed by atoms with Gasteiger partial charge in [0.15, 0.2) is 0 Å². The van der Waals surface area contributed by atoms with Gasteiger partial charge in [-0.3, -0.25) is 0 Å². The average Bonchev–Trinajstić information content (AvgIpc) is 2.86. The minimum Gasteiger partial charge on any atom is -0.393 e. The number of rotatable bonds is 10. The number of primary amides is 1. The van der Waals surface area contributed by atoms with Gasteiger partial charge in [0.1, 0.15) is 5.60 Å². The monoisotopic (exact) mass is 464 g/mol. The van der Waals surface area contributed by atoms with E-state index in [2.05, 4.69) is 0 Å². The van der Waals surface area contributed by atoms with Crippen molar-refractivity contribution in [3.8, 4) is 0 Å². The number of urea groups is 1. The van der Waals surface area contributed by atoms with Crippen molar-refractivity contribution < 1.29 is 29.4 Å². The molecule has 0 fully saturated rings. The van der Waals surface area contributed by atoms with Gasteiger partial charge in [-0.15, -0.1) is 0 Å². The average molecular weight is 465 g/mol. The molecule has 34 heavy (non-hydrogen) atoms. The molecule has 3 aromatic carbocycles. The number of aliphatic hydroxyl groups excluding tert-OH is 1. The molecule has 5 N–H and O–H groups in total. The van der Waals surface area contributed by atoms with Crippen LogP contribution in [0.1, 0.15) is 16.7 Å². The lowest BCUT2D eigenvalue weighted by Crippen LogP contribution is -2.66. The first-order valence-corrected chi connectivity index (χ1v) is 10.7. The second-order valence-corrected chi connectivity index (χ2v) is 7.97. The molecule has 178 valence electrons. The van der Waals surface area contributed by atoms with E-state index in [1.165, 1.54) is 0 Å². The van der Waals surface area contributed by atoms with Gasteiger partial charge in [-0.25, -0.2) is 9.59 Å². The van der Waals surface area contributed by atoms with Crippen LogP contribution in [0.3, 0.4) is 0 Å². The Morgan fingerprint density at radius 3 is 1.74 bits per heavy atom. The van der Waals surface area contributed by atoms with Gasteiger partial charge in [0.25, 0.3) is 0 Å². The van der Waals surface area contributed by atoms with Gasteiger partial charge in [0.2, 0.25) is 5.60 Å². The third kappa shape index (κ3) is 5.99. The maximum atomic E-state index is 13.5. The Kier molecular flexibility index (Phi) is 8.37. The predicted molar refractivity (Wildman–Crippen MR) is 125 cm³/mol. The summed E-state index contributed by atoms with van der Waals surface area (Å²) in [6, 6.07) is 25.8. The Bertz CT molecular complexity index is 1060. The molecule has 0 bridgehead atoms. The highest BCUT2D eigenvalue weighted by molar-refractivity contribution is 5.83. The molecule has 0 spiro atoms. The number of carbonyl (C=O) groups is 2. The van der Waals surface area contributed by atoms with Crippen molar-refractivity contribution in [1.29, 1.82) is 0 Å². The van der Waals surface area contributed by atoms with Gasteiger partial charge in [0.05, 0.1) is 13.2 Å². The van der Waals surface area contributed by atoms with Crippen molar-refractivity contribution in [2.24, 2.45) is 5.73 Å². The van der Waals surface area contributed by atoms with E-state index in [1.54, 1.807) is 60.7 Å². The number of hydrogen-bond acceptors (Lipinski definition) is 6. The molecule has 8 heteroatoms. The summed E-state index contributed by atoms with van der Waals surface area (Å²) in [4.78, 5) is 29.7. The van der Waals surface area contributed by atoms with Crippen LogP contribution in [0, 0.1) is 0 Å². The van der Waals surface area contributed by atoms with Crippen LogP contribution in [0.5, 0.6) is 0 Å². The van der Waals surface area contributed by atoms with Crippen LogP contribution >= 0.6 is 0 Å². The van der Waals surface area contributed by atoms with E-state index in [1.807, 2.05) is 35.8 Å². The van der Waals surface area contributed by atoms with Crippen LogP contribution in [0.2, 0.25) is 0 Å². The summed E-state index contributed by atoms with van der Waals surface area (Å²) in [5, 5.41) is 22.3. The molecule has 0 radical (unpaired) electrons. The summed E-state index contributed by atoms with van der Waals surface area (Å²) in [5.41, 5.74) is 4.69. The molecule has 0 aliphatic heterocycles. The highest BCUT2D eigenvalue weighted by atomic mass is 16.7. The van der Waals surface area contributed by atoms with Gasteiger partial charge in [-0.2, -0.15) is 5.48 Å². The lowest BCUT2D eigenvalue weighted by atomic mass is 9.74. The molecule has 2 atom stereocenters. The minimum atomic E-state index is -2.13. The van der Waals surface area contributed by atoms with Gasteiger partial charge < -0.3 is 25.5 Å². The molecular weight excluding hydrogens is 436 g/mol. The third-order valence-corrected chi connectivity index (χ3v) is 5.55. The Balaban J connectivity index is 2.10. The number of carbonyl (C=O) groups excluding carboxylic acids is 2. The first-order valence-electron chi connectivity index (χ1n) is 10.7. The molecule has 2 unspecified atom stereocenters. The number of amides is 2. The predicted octanol–water partition coefficient (Wildman–Crippen LogP) is 2.28. The van der Waals surface area contributed by atoms with Crippen molar-refractivity contribution in [3.63, 3.8) is 0 Å². The Labute approximate surface area is 197 Å². The van der Waals surface area contributed by atoms with Crippen molar-refractivity contribution in [3.05, 3.63) is 108 Å². The number of nitrogens with two attached hydrogens (primary N) is 1. The SMILES string of the molecule is NC(=O)NOC(=O)C(Cc1ccccc1)(OCc1ccccc1)C(O)(CO)Cc1ccccc1. The molecule has 8 nitrogen and oxygen atoms in total. The molecule has 2 amide bonds. The lowest BCUT2D eigenvalue weighted by molar-refractivity contribution is -0.228. The molecule has 0 saturated heterocycles. The Morgan fingerprint density at radius 2 is 1.26 bits per heavy atom. The van der Waals surface area contributed by atoms with Crippen molar-refractivity contribution >= 4 is 12.0 Å². The summed E-state index contributed by atoms with van der Waals surface area (Å²) in [6.07, 6.45) is -0.276. The zero-order chi connectivity index (χ0) is 24.4. The van der Waals surface area contributed by atoms with E-state index in [0.29, 0.717) is 11.1 Å². The number of aliphatic hydroxyl groups is 2. The fourth-order valence-electron chi connectivity index (χ4n) is 3.77. The second-order valence-electron chi connectivity index (χ2n) is 7.97. The molecule has 3 aromatic rings. The van der Waals surface area contributed by atoms with Gasteiger partial charge in [0, 0.05) is 12.8 Å². The normalized spacial score (nSPS) is 14.4. The molecule has 0 saturated carbocycles. The quantitative estimate of drug-likeness (QED) is 0.341. The number of benzene rings is 3. The number of hydroxylamine groups is 1. The van der Waals surface area contributed by atoms with E-state index in [0.717, 1.165) is 5.56 Å². The largest absolute Gasteiger partial charge is 0.393 e. The summed E-state index contributed by atoms with van der Waals surface area (Å²) >= 11 is 0. The van der Waals surface area contributed by atoms with Gasteiger partial charge in [-0.05, 0) is 16.7 Å². The van der Waals surface area contributed by atoms with Crippen LogP contribution in [-0.2, 0) is 33.8 Å². The van der Waals surface area contributed by atoms with E-state index in [-0.39, 0.29) is 19.4 Å².